The van der Waals surface area contributed by atoms with Gasteiger partial charge in [0.2, 0.25) is 5.82 Å². The Morgan fingerprint density at radius 1 is 1.09 bits per heavy atom. The minimum absolute atomic E-state index is 0.00705. The zero-order valence-corrected chi connectivity index (χ0v) is 17.5. The highest BCUT2D eigenvalue weighted by Crippen LogP contribution is 2.36. The van der Waals surface area contributed by atoms with Crippen LogP contribution in [0.4, 0.5) is 33.6 Å². The van der Waals surface area contributed by atoms with Gasteiger partial charge in [-0.1, -0.05) is 12.1 Å². The van der Waals surface area contributed by atoms with Gasteiger partial charge in [-0.2, -0.15) is 17.6 Å². The van der Waals surface area contributed by atoms with Gasteiger partial charge in [-0.05, 0) is 43.4 Å². The predicted octanol–water partition coefficient (Wildman–Crippen LogP) is 4.98. The van der Waals surface area contributed by atoms with Crippen molar-refractivity contribution in [1.82, 2.24) is 9.97 Å². The molecule has 10 heteroatoms. The molecule has 0 bridgehead atoms. The molecular formula is C22H25F5N4O. The van der Waals surface area contributed by atoms with Gasteiger partial charge in [-0.3, -0.25) is 4.39 Å². The van der Waals surface area contributed by atoms with E-state index in [4.69, 9.17) is 4.74 Å². The second-order valence-corrected chi connectivity index (χ2v) is 8.51. The number of hydrogen-bond acceptors (Lipinski definition) is 5. The SMILES string of the molecule is FCC1(CNc2ncnc(N(Cc3ccc(C(F)(F)F)cc3)C3CC3)c2F)CCOCC1. The standard InChI is InChI=1S/C22H25F5N4O/c23-12-21(7-9-32-10-8-21)13-28-19-18(24)20(30-14-29-19)31(17-5-6-17)11-15-1-3-16(4-2-15)22(25,26)27/h1-4,14,17H,5-13H2,(H,28,29,30). The molecule has 0 unspecified atom stereocenters. The van der Waals surface area contributed by atoms with Gasteiger partial charge < -0.3 is 15.0 Å². The first-order valence-corrected chi connectivity index (χ1v) is 10.6. The molecule has 0 radical (unpaired) electrons. The summed E-state index contributed by atoms with van der Waals surface area (Å²) in [7, 11) is 0. The van der Waals surface area contributed by atoms with E-state index >= 15 is 4.39 Å². The van der Waals surface area contributed by atoms with Crippen LogP contribution < -0.4 is 10.2 Å². The number of rotatable bonds is 8. The number of ether oxygens (including phenoxy) is 1. The third kappa shape index (κ3) is 5.11. The van der Waals surface area contributed by atoms with E-state index in [2.05, 4.69) is 15.3 Å². The summed E-state index contributed by atoms with van der Waals surface area (Å²) in [6, 6.07) is 4.89. The van der Waals surface area contributed by atoms with Crippen molar-refractivity contribution < 1.29 is 26.7 Å². The number of halogens is 5. The maximum absolute atomic E-state index is 15.3. The molecule has 174 valence electrons. The Labute approximate surface area is 183 Å². The molecule has 1 aliphatic heterocycles. The molecule has 1 saturated carbocycles. The largest absolute Gasteiger partial charge is 0.416 e. The van der Waals surface area contributed by atoms with Crippen LogP contribution in [0, 0.1) is 11.2 Å². The summed E-state index contributed by atoms with van der Waals surface area (Å²) in [5, 5.41) is 2.94. The van der Waals surface area contributed by atoms with E-state index in [-0.39, 0.29) is 30.8 Å². The molecule has 2 heterocycles. The molecule has 0 spiro atoms. The fourth-order valence-corrected chi connectivity index (χ4v) is 3.88. The first-order chi connectivity index (χ1) is 15.3. The zero-order chi connectivity index (χ0) is 22.8. The van der Waals surface area contributed by atoms with Crippen molar-refractivity contribution in [2.45, 2.75) is 44.4 Å². The van der Waals surface area contributed by atoms with Crippen LogP contribution in [-0.2, 0) is 17.5 Å². The highest BCUT2D eigenvalue weighted by atomic mass is 19.4. The molecule has 5 nitrogen and oxygen atoms in total. The maximum atomic E-state index is 15.3. The first-order valence-electron chi connectivity index (χ1n) is 10.6. The minimum Gasteiger partial charge on any atom is -0.381 e. The molecule has 2 fully saturated rings. The highest BCUT2D eigenvalue weighted by molar-refractivity contribution is 5.52. The molecule has 1 N–H and O–H groups in total. The summed E-state index contributed by atoms with van der Waals surface area (Å²) in [5.41, 5.74) is -0.725. The van der Waals surface area contributed by atoms with Gasteiger partial charge in [0.15, 0.2) is 11.6 Å². The summed E-state index contributed by atoms with van der Waals surface area (Å²) >= 11 is 0. The van der Waals surface area contributed by atoms with Crippen molar-refractivity contribution in [1.29, 1.82) is 0 Å². The van der Waals surface area contributed by atoms with E-state index in [1.54, 1.807) is 4.90 Å². The van der Waals surface area contributed by atoms with Crippen LogP contribution in [0.5, 0.6) is 0 Å². The fraction of sp³-hybridized carbons (Fsp3) is 0.545. The molecule has 1 saturated heterocycles. The number of nitrogens with zero attached hydrogens (tertiary/aromatic N) is 3. The molecule has 0 amide bonds. The molecule has 2 aromatic rings. The number of aromatic nitrogens is 2. The van der Waals surface area contributed by atoms with Crippen molar-refractivity contribution in [2.75, 3.05) is 36.6 Å². The van der Waals surface area contributed by atoms with Gasteiger partial charge in [0.05, 0.1) is 12.2 Å². The number of nitrogens with one attached hydrogen (secondary N) is 1. The van der Waals surface area contributed by atoms with Crippen LogP contribution in [0.1, 0.15) is 36.8 Å². The predicted molar refractivity (Wildman–Crippen MR) is 110 cm³/mol. The minimum atomic E-state index is -4.41. The third-order valence-electron chi connectivity index (χ3n) is 6.13. The Bertz CT molecular complexity index is 912. The molecule has 2 aliphatic rings. The van der Waals surface area contributed by atoms with Crippen LogP contribution >= 0.6 is 0 Å². The normalized spacial score (nSPS) is 18.4. The lowest BCUT2D eigenvalue weighted by atomic mass is 9.81. The lowest BCUT2D eigenvalue weighted by Crippen LogP contribution is -2.38. The molecule has 0 atom stereocenters. The third-order valence-corrected chi connectivity index (χ3v) is 6.13. The Morgan fingerprint density at radius 2 is 1.78 bits per heavy atom. The number of anilines is 2. The summed E-state index contributed by atoms with van der Waals surface area (Å²) < 4.78 is 72.8. The second kappa shape index (κ2) is 9.17. The van der Waals surface area contributed by atoms with Gasteiger partial charge in [0.1, 0.15) is 6.33 Å². The number of alkyl halides is 4. The van der Waals surface area contributed by atoms with E-state index < -0.39 is 29.6 Å². The smallest absolute Gasteiger partial charge is 0.381 e. The van der Waals surface area contributed by atoms with Crippen molar-refractivity contribution >= 4 is 11.6 Å². The van der Waals surface area contributed by atoms with Crippen molar-refractivity contribution in [2.24, 2.45) is 5.41 Å². The van der Waals surface area contributed by atoms with Crippen molar-refractivity contribution in [3.05, 3.63) is 47.5 Å². The zero-order valence-electron chi connectivity index (χ0n) is 17.5. The Balaban J connectivity index is 1.51. The maximum Gasteiger partial charge on any atom is 0.416 e. The van der Waals surface area contributed by atoms with Crippen LogP contribution in [0.3, 0.4) is 0 Å². The fourth-order valence-electron chi connectivity index (χ4n) is 3.88. The molecule has 4 rings (SSSR count). The summed E-state index contributed by atoms with van der Waals surface area (Å²) in [5.74, 6) is -0.564. The van der Waals surface area contributed by atoms with Crippen LogP contribution in [0.15, 0.2) is 30.6 Å². The number of hydrogen-bond donors (Lipinski definition) is 1. The van der Waals surface area contributed by atoms with E-state index in [0.717, 1.165) is 25.0 Å². The summed E-state index contributed by atoms with van der Waals surface area (Å²) in [6.45, 7) is 0.840. The van der Waals surface area contributed by atoms with Gasteiger partial charge in [0, 0.05) is 37.8 Å². The van der Waals surface area contributed by atoms with Crippen LogP contribution in [-0.4, -0.2) is 42.4 Å². The highest BCUT2D eigenvalue weighted by Gasteiger charge is 2.35. The second-order valence-electron chi connectivity index (χ2n) is 8.51. The Kier molecular flexibility index (Phi) is 6.50. The molecule has 1 aromatic heterocycles. The van der Waals surface area contributed by atoms with Gasteiger partial charge in [-0.25, -0.2) is 9.97 Å². The van der Waals surface area contributed by atoms with Gasteiger partial charge in [-0.15, -0.1) is 0 Å². The topological polar surface area (TPSA) is 50.3 Å². The van der Waals surface area contributed by atoms with E-state index in [1.165, 1.54) is 18.5 Å². The Morgan fingerprint density at radius 3 is 2.38 bits per heavy atom. The molecule has 1 aromatic carbocycles. The van der Waals surface area contributed by atoms with Crippen molar-refractivity contribution in [3.8, 4) is 0 Å². The van der Waals surface area contributed by atoms with E-state index in [1.807, 2.05) is 0 Å². The summed E-state index contributed by atoms with van der Waals surface area (Å²) in [6.07, 6.45) is -0.392. The van der Waals surface area contributed by atoms with Gasteiger partial charge >= 0.3 is 6.18 Å². The Hall–Kier alpha value is -2.49. The summed E-state index contributed by atoms with van der Waals surface area (Å²) in [4.78, 5) is 9.86. The molecular weight excluding hydrogens is 431 g/mol. The average molecular weight is 456 g/mol. The van der Waals surface area contributed by atoms with Gasteiger partial charge in [0.25, 0.3) is 0 Å². The number of benzene rings is 1. The first kappa shape index (κ1) is 22.7. The molecule has 1 aliphatic carbocycles. The monoisotopic (exact) mass is 456 g/mol. The lowest BCUT2D eigenvalue weighted by Gasteiger charge is -2.35. The quantitative estimate of drug-likeness (QED) is 0.568. The average Bonchev–Trinajstić information content (AvgIpc) is 3.63. The van der Waals surface area contributed by atoms with Crippen molar-refractivity contribution in [3.63, 3.8) is 0 Å². The molecule has 32 heavy (non-hydrogen) atoms. The van der Waals surface area contributed by atoms with E-state index in [0.29, 0.717) is 31.6 Å². The lowest BCUT2D eigenvalue weighted by molar-refractivity contribution is -0.137. The van der Waals surface area contributed by atoms with E-state index in [9.17, 15) is 17.6 Å². The van der Waals surface area contributed by atoms with Crippen LogP contribution in [0.25, 0.3) is 0 Å². The van der Waals surface area contributed by atoms with Crippen LogP contribution in [0.2, 0.25) is 0 Å².